The molecule has 20 heavy (non-hydrogen) atoms. The summed E-state index contributed by atoms with van der Waals surface area (Å²) in [5, 5.41) is 12.2. The molecule has 0 saturated carbocycles. The van der Waals surface area contributed by atoms with Crippen molar-refractivity contribution in [1.29, 1.82) is 0 Å². The van der Waals surface area contributed by atoms with Crippen molar-refractivity contribution in [2.75, 3.05) is 0 Å². The van der Waals surface area contributed by atoms with Crippen LogP contribution in [-0.4, -0.2) is 16.2 Å². The van der Waals surface area contributed by atoms with Gasteiger partial charge in [-0.15, -0.1) is 0 Å². The summed E-state index contributed by atoms with van der Waals surface area (Å²) < 4.78 is 42.3. The minimum Gasteiger partial charge on any atom is -0.481 e. The molecule has 0 spiro atoms. The van der Waals surface area contributed by atoms with Crippen LogP contribution in [0.4, 0.5) is 13.2 Å². The SMILES string of the molecule is O=C(O)CCc1oncc1-c1ccc(C(F)(F)F)cc1. The van der Waals surface area contributed by atoms with Gasteiger partial charge in [-0.3, -0.25) is 4.79 Å². The number of hydrogen-bond donors (Lipinski definition) is 1. The van der Waals surface area contributed by atoms with Crippen molar-refractivity contribution >= 4 is 5.97 Å². The average Bonchev–Trinajstić information content (AvgIpc) is 2.83. The van der Waals surface area contributed by atoms with Crippen molar-refractivity contribution in [2.45, 2.75) is 19.0 Å². The molecule has 0 fully saturated rings. The van der Waals surface area contributed by atoms with E-state index in [1.165, 1.54) is 18.3 Å². The molecule has 0 aliphatic heterocycles. The molecule has 0 amide bonds. The number of aromatic nitrogens is 1. The number of carboxylic acid groups (broad SMARTS) is 1. The van der Waals surface area contributed by atoms with Crippen LogP contribution in [0.2, 0.25) is 0 Å². The number of carbonyl (C=O) groups is 1. The van der Waals surface area contributed by atoms with E-state index >= 15 is 0 Å². The van der Waals surface area contributed by atoms with E-state index in [0.717, 1.165) is 12.1 Å². The molecule has 0 unspecified atom stereocenters. The minimum atomic E-state index is -4.39. The Morgan fingerprint density at radius 2 is 1.90 bits per heavy atom. The molecule has 7 heteroatoms. The Hall–Kier alpha value is -2.31. The lowest BCUT2D eigenvalue weighted by Gasteiger charge is -2.07. The number of halogens is 3. The Bertz CT molecular complexity index is 602. The first-order valence-corrected chi connectivity index (χ1v) is 5.71. The zero-order valence-electron chi connectivity index (χ0n) is 10.1. The van der Waals surface area contributed by atoms with E-state index in [4.69, 9.17) is 9.63 Å². The Morgan fingerprint density at radius 1 is 1.25 bits per heavy atom. The van der Waals surface area contributed by atoms with Gasteiger partial charge in [0.15, 0.2) is 0 Å². The van der Waals surface area contributed by atoms with E-state index < -0.39 is 17.7 Å². The van der Waals surface area contributed by atoms with E-state index in [1.54, 1.807) is 0 Å². The van der Waals surface area contributed by atoms with Gasteiger partial charge in [0.05, 0.1) is 18.2 Å². The van der Waals surface area contributed by atoms with Crippen LogP contribution >= 0.6 is 0 Å². The lowest BCUT2D eigenvalue weighted by atomic mass is 10.0. The van der Waals surface area contributed by atoms with Crippen LogP contribution in [0.3, 0.4) is 0 Å². The van der Waals surface area contributed by atoms with Crippen molar-refractivity contribution in [3.63, 3.8) is 0 Å². The van der Waals surface area contributed by atoms with E-state index in [1.807, 2.05) is 0 Å². The van der Waals surface area contributed by atoms with Crippen LogP contribution in [0.5, 0.6) is 0 Å². The Morgan fingerprint density at radius 3 is 2.45 bits per heavy atom. The number of nitrogens with zero attached hydrogens (tertiary/aromatic N) is 1. The molecular weight excluding hydrogens is 275 g/mol. The van der Waals surface area contributed by atoms with Crippen molar-refractivity contribution in [3.05, 3.63) is 41.8 Å². The number of hydrogen-bond acceptors (Lipinski definition) is 3. The zero-order chi connectivity index (χ0) is 14.8. The van der Waals surface area contributed by atoms with Crippen molar-refractivity contribution in [3.8, 4) is 11.1 Å². The summed E-state index contributed by atoms with van der Waals surface area (Å²) in [6.45, 7) is 0. The largest absolute Gasteiger partial charge is 0.481 e. The number of aliphatic carboxylic acids is 1. The van der Waals surface area contributed by atoms with Gasteiger partial charge in [0.1, 0.15) is 5.76 Å². The minimum absolute atomic E-state index is 0.131. The van der Waals surface area contributed by atoms with E-state index in [2.05, 4.69) is 5.16 Å². The van der Waals surface area contributed by atoms with Gasteiger partial charge in [0, 0.05) is 12.0 Å². The van der Waals surface area contributed by atoms with Crippen LogP contribution in [0.1, 0.15) is 17.7 Å². The molecule has 0 atom stereocenters. The van der Waals surface area contributed by atoms with Gasteiger partial charge < -0.3 is 9.63 Å². The molecular formula is C13H10F3NO3. The molecule has 2 aromatic rings. The molecule has 0 aliphatic rings. The molecule has 0 aliphatic carbocycles. The van der Waals surface area contributed by atoms with Crippen LogP contribution in [0.15, 0.2) is 35.0 Å². The van der Waals surface area contributed by atoms with Gasteiger partial charge in [-0.25, -0.2) is 0 Å². The van der Waals surface area contributed by atoms with Crippen molar-refractivity contribution < 1.29 is 27.6 Å². The molecule has 1 aromatic carbocycles. The maximum Gasteiger partial charge on any atom is 0.416 e. The summed E-state index contributed by atoms with van der Waals surface area (Å²) in [5.74, 6) is -0.646. The second-order valence-corrected chi connectivity index (χ2v) is 4.13. The fourth-order valence-corrected chi connectivity index (χ4v) is 1.74. The van der Waals surface area contributed by atoms with Crippen LogP contribution < -0.4 is 0 Å². The fourth-order valence-electron chi connectivity index (χ4n) is 1.74. The van der Waals surface area contributed by atoms with Crippen LogP contribution in [0, 0.1) is 0 Å². The molecule has 106 valence electrons. The Balaban J connectivity index is 2.24. The first-order valence-electron chi connectivity index (χ1n) is 5.71. The zero-order valence-corrected chi connectivity index (χ0v) is 10.1. The van der Waals surface area contributed by atoms with Crippen LogP contribution in [0.25, 0.3) is 11.1 Å². The van der Waals surface area contributed by atoms with Gasteiger partial charge in [-0.2, -0.15) is 13.2 Å². The summed E-state index contributed by atoms with van der Waals surface area (Å²) in [6.07, 6.45) is -3.03. The quantitative estimate of drug-likeness (QED) is 0.935. The molecule has 0 bridgehead atoms. The highest BCUT2D eigenvalue weighted by molar-refractivity contribution is 5.69. The molecule has 1 N–H and O–H groups in total. The van der Waals surface area contributed by atoms with Gasteiger partial charge >= 0.3 is 12.1 Å². The summed E-state index contributed by atoms with van der Waals surface area (Å²) in [5.41, 5.74) is 0.254. The van der Waals surface area contributed by atoms with Gasteiger partial charge in [-0.05, 0) is 17.7 Å². The number of aryl methyl sites for hydroxylation is 1. The van der Waals surface area contributed by atoms with Gasteiger partial charge in [-0.1, -0.05) is 17.3 Å². The molecule has 0 saturated heterocycles. The predicted molar refractivity (Wildman–Crippen MR) is 62.9 cm³/mol. The Labute approximate surface area is 111 Å². The van der Waals surface area contributed by atoms with E-state index in [9.17, 15) is 18.0 Å². The highest BCUT2D eigenvalue weighted by Crippen LogP contribution is 2.32. The molecule has 1 aromatic heterocycles. The maximum atomic E-state index is 12.5. The third kappa shape index (κ3) is 3.17. The smallest absolute Gasteiger partial charge is 0.416 e. The summed E-state index contributed by atoms with van der Waals surface area (Å²) in [6, 6.07) is 4.53. The average molecular weight is 285 g/mol. The topological polar surface area (TPSA) is 63.3 Å². The summed E-state index contributed by atoms with van der Waals surface area (Å²) in [4.78, 5) is 10.5. The molecule has 4 nitrogen and oxygen atoms in total. The highest BCUT2D eigenvalue weighted by atomic mass is 19.4. The summed E-state index contributed by atoms with van der Waals surface area (Å²) in [7, 11) is 0. The van der Waals surface area contributed by atoms with Crippen molar-refractivity contribution in [2.24, 2.45) is 0 Å². The number of rotatable bonds is 4. The second-order valence-electron chi connectivity index (χ2n) is 4.13. The lowest BCUT2D eigenvalue weighted by molar-refractivity contribution is -0.138. The van der Waals surface area contributed by atoms with Gasteiger partial charge in [0.2, 0.25) is 0 Å². The predicted octanol–water partition coefficient (Wildman–Crippen LogP) is 3.38. The first kappa shape index (κ1) is 14.1. The third-order valence-electron chi connectivity index (χ3n) is 2.73. The van der Waals surface area contributed by atoms with Crippen molar-refractivity contribution in [1.82, 2.24) is 5.16 Å². The molecule has 0 radical (unpaired) electrons. The number of benzene rings is 1. The summed E-state index contributed by atoms with van der Waals surface area (Å²) >= 11 is 0. The Kier molecular flexibility index (Phi) is 3.78. The van der Waals surface area contributed by atoms with E-state index in [-0.39, 0.29) is 12.8 Å². The van der Waals surface area contributed by atoms with Gasteiger partial charge in [0.25, 0.3) is 0 Å². The maximum absolute atomic E-state index is 12.5. The first-order chi connectivity index (χ1) is 9.38. The third-order valence-corrected chi connectivity index (χ3v) is 2.73. The van der Waals surface area contributed by atoms with E-state index in [0.29, 0.717) is 16.9 Å². The fraction of sp³-hybridized carbons (Fsp3) is 0.231. The normalized spacial score (nSPS) is 11.6. The van der Waals surface area contributed by atoms with Crippen LogP contribution in [-0.2, 0) is 17.4 Å². The monoisotopic (exact) mass is 285 g/mol. The lowest BCUT2D eigenvalue weighted by Crippen LogP contribution is -2.04. The number of carboxylic acids is 1. The molecule has 2 rings (SSSR count). The second kappa shape index (κ2) is 5.36. The standard InChI is InChI=1S/C13H10F3NO3/c14-13(15,16)9-3-1-8(2-4-9)10-7-17-20-11(10)5-6-12(18)19/h1-4,7H,5-6H2,(H,18,19). The molecule has 1 heterocycles. The number of alkyl halides is 3. The highest BCUT2D eigenvalue weighted by Gasteiger charge is 2.30.